The molecule has 0 spiro atoms. The molecule has 0 atom stereocenters. The van der Waals surface area contributed by atoms with E-state index < -0.39 is 0 Å². The standard InChI is InChI=1S/C22H25ClN4O2/c1-16-24-19-5-3-4-6-20(19)27(16)15-22(28)26-11-9-25(10-12-26)14-17-13-18(23)7-8-21(17)29-2/h3-8,13H,9-12,14-15H2,1-2H3. The first-order valence-electron chi connectivity index (χ1n) is 9.79. The zero-order valence-electron chi connectivity index (χ0n) is 16.8. The van der Waals surface area contributed by atoms with Gasteiger partial charge in [-0.3, -0.25) is 9.69 Å². The molecule has 6 nitrogen and oxygen atoms in total. The van der Waals surface area contributed by atoms with Gasteiger partial charge in [0.2, 0.25) is 5.91 Å². The predicted octanol–water partition coefficient (Wildman–Crippen LogP) is 3.35. The fourth-order valence-electron chi connectivity index (χ4n) is 3.90. The number of halogens is 1. The third-order valence-electron chi connectivity index (χ3n) is 5.50. The van der Waals surface area contributed by atoms with Crippen molar-refractivity contribution in [1.29, 1.82) is 0 Å². The van der Waals surface area contributed by atoms with E-state index in [9.17, 15) is 4.79 Å². The lowest BCUT2D eigenvalue weighted by molar-refractivity contribution is -0.133. The maximum atomic E-state index is 12.9. The zero-order chi connectivity index (χ0) is 20.4. The molecule has 0 aliphatic carbocycles. The van der Waals surface area contributed by atoms with Gasteiger partial charge in [0.1, 0.15) is 18.1 Å². The number of fused-ring (bicyclic) bond motifs is 1. The number of benzene rings is 2. The van der Waals surface area contributed by atoms with Crippen molar-refractivity contribution < 1.29 is 9.53 Å². The van der Waals surface area contributed by atoms with Gasteiger partial charge in [-0.2, -0.15) is 0 Å². The van der Waals surface area contributed by atoms with Crippen LogP contribution in [0.2, 0.25) is 5.02 Å². The lowest BCUT2D eigenvalue weighted by Crippen LogP contribution is -2.49. The summed E-state index contributed by atoms with van der Waals surface area (Å²) < 4.78 is 7.45. The lowest BCUT2D eigenvalue weighted by atomic mass is 10.1. The summed E-state index contributed by atoms with van der Waals surface area (Å²) in [5.41, 5.74) is 3.00. The van der Waals surface area contributed by atoms with Crippen molar-refractivity contribution >= 4 is 28.5 Å². The van der Waals surface area contributed by atoms with Crippen LogP contribution >= 0.6 is 11.6 Å². The summed E-state index contributed by atoms with van der Waals surface area (Å²) in [6, 6.07) is 13.6. The van der Waals surface area contributed by atoms with E-state index in [0.717, 1.165) is 47.8 Å². The molecule has 7 heteroatoms. The summed E-state index contributed by atoms with van der Waals surface area (Å²) >= 11 is 6.14. The van der Waals surface area contributed by atoms with Crippen LogP contribution in [0.3, 0.4) is 0 Å². The second-order valence-electron chi connectivity index (χ2n) is 7.35. The van der Waals surface area contributed by atoms with Crippen molar-refractivity contribution in [2.24, 2.45) is 0 Å². The van der Waals surface area contributed by atoms with Gasteiger partial charge >= 0.3 is 0 Å². The van der Waals surface area contributed by atoms with E-state index >= 15 is 0 Å². The second-order valence-corrected chi connectivity index (χ2v) is 7.78. The van der Waals surface area contributed by atoms with Gasteiger partial charge in [0.25, 0.3) is 0 Å². The Labute approximate surface area is 175 Å². The Bertz CT molecular complexity index is 1020. The molecule has 1 fully saturated rings. The van der Waals surface area contributed by atoms with Crippen LogP contribution in [-0.4, -0.2) is 58.5 Å². The van der Waals surface area contributed by atoms with Gasteiger partial charge in [-0.05, 0) is 37.3 Å². The number of hydrogen-bond donors (Lipinski definition) is 0. The van der Waals surface area contributed by atoms with Gasteiger partial charge in [-0.1, -0.05) is 23.7 Å². The maximum Gasteiger partial charge on any atom is 0.242 e. The molecule has 3 aromatic rings. The van der Waals surface area contributed by atoms with Crippen LogP contribution in [0.15, 0.2) is 42.5 Å². The second kappa shape index (κ2) is 8.43. The SMILES string of the molecule is COc1ccc(Cl)cc1CN1CCN(C(=O)Cn2c(C)nc3ccccc32)CC1. The number of aryl methyl sites for hydroxylation is 1. The number of methoxy groups -OCH3 is 1. The highest BCUT2D eigenvalue weighted by molar-refractivity contribution is 6.30. The Morgan fingerprint density at radius 2 is 1.90 bits per heavy atom. The van der Waals surface area contributed by atoms with Crippen molar-refractivity contribution in [3.8, 4) is 5.75 Å². The molecule has 0 saturated carbocycles. The summed E-state index contributed by atoms with van der Waals surface area (Å²) in [6.07, 6.45) is 0. The highest BCUT2D eigenvalue weighted by atomic mass is 35.5. The van der Waals surface area contributed by atoms with Crippen molar-refractivity contribution in [3.63, 3.8) is 0 Å². The fraction of sp³-hybridized carbons (Fsp3) is 0.364. The lowest BCUT2D eigenvalue weighted by Gasteiger charge is -2.35. The number of hydrogen-bond acceptors (Lipinski definition) is 4. The number of aromatic nitrogens is 2. The van der Waals surface area contributed by atoms with Crippen LogP contribution < -0.4 is 4.74 Å². The number of piperazine rings is 1. The summed E-state index contributed by atoms with van der Waals surface area (Å²) in [7, 11) is 1.67. The number of carbonyl (C=O) groups excluding carboxylic acids is 1. The van der Waals surface area contributed by atoms with E-state index in [-0.39, 0.29) is 5.91 Å². The summed E-state index contributed by atoms with van der Waals surface area (Å²) in [5.74, 6) is 1.85. The first-order chi connectivity index (χ1) is 14.0. The third-order valence-corrected chi connectivity index (χ3v) is 5.74. The summed E-state index contributed by atoms with van der Waals surface area (Å²) in [5, 5.41) is 0.706. The maximum absolute atomic E-state index is 12.9. The van der Waals surface area contributed by atoms with Crippen molar-refractivity contribution in [3.05, 3.63) is 58.9 Å². The minimum absolute atomic E-state index is 0.135. The van der Waals surface area contributed by atoms with Crippen LogP contribution in [0.1, 0.15) is 11.4 Å². The molecular formula is C22H25ClN4O2. The zero-order valence-corrected chi connectivity index (χ0v) is 17.5. The van der Waals surface area contributed by atoms with E-state index in [1.165, 1.54) is 0 Å². The number of imidazole rings is 1. The first kappa shape index (κ1) is 19.7. The smallest absolute Gasteiger partial charge is 0.242 e. The quantitative estimate of drug-likeness (QED) is 0.644. The molecule has 0 unspecified atom stereocenters. The largest absolute Gasteiger partial charge is 0.496 e. The predicted molar refractivity (Wildman–Crippen MR) is 114 cm³/mol. The number of nitrogens with zero attached hydrogens (tertiary/aromatic N) is 4. The molecule has 2 heterocycles. The Balaban J connectivity index is 1.38. The van der Waals surface area contributed by atoms with Crippen molar-refractivity contribution in [1.82, 2.24) is 19.4 Å². The molecule has 1 aromatic heterocycles. The molecule has 0 N–H and O–H groups in total. The molecular weight excluding hydrogens is 388 g/mol. The van der Waals surface area contributed by atoms with E-state index in [1.807, 2.05) is 58.9 Å². The molecule has 1 aliphatic rings. The van der Waals surface area contributed by atoms with Crippen LogP contribution in [0.5, 0.6) is 5.75 Å². The highest BCUT2D eigenvalue weighted by Crippen LogP contribution is 2.24. The van der Waals surface area contributed by atoms with Crippen LogP contribution in [0, 0.1) is 6.92 Å². The molecule has 0 bridgehead atoms. The molecule has 1 aliphatic heterocycles. The van der Waals surface area contributed by atoms with E-state index in [2.05, 4.69) is 9.88 Å². The minimum atomic E-state index is 0.135. The monoisotopic (exact) mass is 412 g/mol. The number of ether oxygens (including phenoxy) is 1. The van der Waals surface area contributed by atoms with E-state index in [0.29, 0.717) is 24.7 Å². The Morgan fingerprint density at radius 3 is 2.66 bits per heavy atom. The Kier molecular flexibility index (Phi) is 5.74. The van der Waals surface area contributed by atoms with Crippen LogP contribution in [0.4, 0.5) is 0 Å². The van der Waals surface area contributed by atoms with Gasteiger partial charge in [0.15, 0.2) is 0 Å². The van der Waals surface area contributed by atoms with Crippen molar-refractivity contribution in [2.45, 2.75) is 20.0 Å². The Morgan fingerprint density at radius 1 is 1.14 bits per heavy atom. The van der Waals surface area contributed by atoms with E-state index in [1.54, 1.807) is 7.11 Å². The molecule has 4 rings (SSSR count). The van der Waals surface area contributed by atoms with Gasteiger partial charge in [0.05, 0.1) is 18.1 Å². The third kappa shape index (κ3) is 4.23. The van der Waals surface area contributed by atoms with Gasteiger partial charge in [0, 0.05) is 43.3 Å². The average molecular weight is 413 g/mol. The van der Waals surface area contributed by atoms with Gasteiger partial charge < -0.3 is 14.2 Å². The van der Waals surface area contributed by atoms with Gasteiger partial charge in [-0.15, -0.1) is 0 Å². The molecule has 152 valence electrons. The molecule has 1 saturated heterocycles. The number of amides is 1. The average Bonchev–Trinajstić information content (AvgIpc) is 3.04. The van der Waals surface area contributed by atoms with Crippen molar-refractivity contribution in [2.75, 3.05) is 33.3 Å². The normalized spacial score (nSPS) is 15.1. The number of carbonyl (C=O) groups is 1. The number of para-hydroxylation sites is 2. The molecule has 1 amide bonds. The Hall–Kier alpha value is -2.57. The summed E-state index contributed by atoms with van der Waals surface area (Å²) in [6.45, 7) is 6.12. The number of rotatable bonds is 5. The van der Waals surface area contributed by atoms with Gasteiger partial charge in [-0.25, -0.2) is 4.98 Å². The topological polar surface area (TPSA) is 50.6 Å². The van der Waals surface area contributed by atoms with E-state index in [4.69, 9.17) is 16.3 Å². The molecule has 0 radical (unpaired) electrons. The first-order valence-corrected chi connectivity index (χ1v) is 10.2. The van der Waals surface area contributed by atoms with Crippen LogP contribution in [0.25, 0.3) is 11.0 Å². The summed E-state index contributed by atoms with van der Waals surface area (Å²) in [4.78, 5) is 21.7. The molecule has 29 heavy (non-hydrogen) atoms. The fourth-order valence-corrected chi connectivity index (χ4v) is 4.09. The minimum Gasteiger partial charge on any atom is -0.496 e. The molecule has 2 aromatic carbocycles. The highest BCUT2D eigenvalue weighted by Gasteiger charge is 2.23. The van der Waals surface area contributed by atoms with Crippen LogP contribution in [-0.2, 0) is 17.9 Å².